The molecule has 2 unspecified atom stereocenters. The van der Waals surface area contributed by atoms with Gasteiger partial charge in [0, 0.05) is 37.8 Å². The molecule has 4 heterocycles. The van der Waals surface area contributed by atoms with Gasteiger partial charge in [-0.15, -0.1) is 0 Å². The number of aromatic nitrogens is 2. The maximum absolute atomic E-state index is 13.2. The summed E-state index contributed by atoms with van der Waals surface area (Å²) in [5.74, 6) is 1.69. The van der Waals surface area contributed by atoms with Gasteiger partial charge in [0.2, 0.25) is 5.91 Å². The van der Waals surface area contributed by atoms with Gasteiger partial charge in [0.25, 0.3) is 0 Å². The monoisotopic (exact) mass is 382 g/mol. The number of carbonyl (C=O) groups excluding carboxylic acids is 1. The van der Waals surface area contributed by atoms with Crippen molar-refractivity contribution in [3.63, 3.8) is 0 Å². The van der Waals surface area contributed by atoms with Crippen LogP contribution in [0.1, 0.15) is 56.3 Å². The Morgan fingerprint density at radius 3 is 2.93 bits per heavy atom. The third-order valence-corrected chi connectivity index (χ3v) is 7.62. The summed E-state index contributed by atoms with van der Waals surface area (Å²) in [5, 5.41) is 4.53. The number of amides is 1. The summed E-state index contributed by atoms with van der Waals surface area (Å²) in [7, 11) is 0. The van der Waals surface area contributed by atoms with Crippen molar-refractivity contribution in [1.29, 1.82) is 0 Å². The molecule has 5 rings (SSSR count). The number of nitrogens with zero attached hydrogens (tertiary/aromatic N) is 4. The number of hydrogen-bond donors (Lipinski definition) is 0. The molecule has 4 atom stereocenters. The number of rotatable bonds is 3. The van der Waals surface area contributed by atoms with Crippen molar-refractivity contribution < 1.29 is 4.79 Å². The van der Waals surface area contributed by atoms with Crippen LogP contribution in [0.5, 0.6) is 0 Å². The Morgan fingerprint density at radius 1 is 1.21 bits per heavy atom. The van der Waals surface area contributed by atoms with Crippen LogP contribution in [-0.4, -0.2) is 57.2 Å². The Labute approximate surface area is 168 Å². The molecule has 0 N–H and O–H groups in total. The van der Waals surface area contributed by atoms with E-state index in [4.69, 9.17) is 0 Å². The number of aryl methyl sites for hydroxylation is 3. The lowest BCUT2D eigenvalue weighted by molar-refractivity contribution is -0.136. The van der Waals surface area contributed by atoms with Gasteiger partial charge in [-0.1, -0.05) is 18.1 Å². The normalized spacial score (nSPS) is 32.5. The van der Waals surface area contributed by atoms with Crippen LogP contribution in [0.4, 0.5) is 0 Å². The van der Waals surface area contributed by atoms with Crippen LogP contribution in [0.3, 0.4) is 0 Å². The molecule has 2 bridgehead atoms. The second-order valence-corrected chi connectivity index (χ2v) is 9.50. The fourth-order valence-electron chi connectivity index (χ4n) is 6.50. The molecule has 0 saturated carbocycles. The zero-order chi connectivity index (χ0) is 19.3. The highest BCUT2D eigenvalue weighted by molar-refractivity contribution is 5.77. The number of carbonyl (C=O) groups is 1. The summed E-state index contributed by atoms with van der Waals surface area (Å²) < 4.78 is 1.99. The summed E-state index contributed by atoms with van der Waals surface area (Å²) in [4.78, 5) is 18.2. The van der Waals surface area contributed by atoms with Crippen molar-refractivity contribution in [3.05, 3.63) is 29.1 Å². The van der Waals surface area contributed by atoms with E-state index in [2.05, 4.69) is 34.0 Å². The van der Waals surface area contributed by atoms with Crippen LogP contribution in [0.2, 0.25) is 0 Å². The van der Waals surface area contributed by atoms with Crippen LogP contribution in [-0.2, 0) is 11.3 Å². The van der Waals surface area contributed by atoms with Crippen molar-refractivity contribution in [2.75, 3.05) is 19.6 Å². The van der Waals surface area contributed by atoms with Gasteiger partial charge in [0.05, 0.1) is 11.7 Å². The van der Waals surface area contributed by atoms with Crippen LogP contribution in [0.25, 0.3) is 0 Å². The summed E-state index contributed by atoms with van der Waals surface area (Å²) in [5.41, 5.74) is 3.76. The standard InChI is InChI=1S/C23H34N4O/c1-16-12-17(2)27(24-16)11-8-22(28)26-10-5-6-18-13-19-14-20(23(18)26)15-25-9-4-3-7-21(19)25/h12-13,19-21,23H,3-11,14-15H2,1-2H3/t19-,20-,21?,23?/m0/s1. The molecule has 5 nitrogen and oxygen atoms in total. The molecule has 1 aromatic rings. The molecular formula is C23H34N4O. The van der Waals surface area contributed by atoms with E-state index in [1.807, 2.05) is 11.6 Å². The average Bonchev–Trinajstić information content (AvgIpc) is 3.03. The van der Waals surface area contributed by atoms with Gasteiger partial charge in [-0.2, -0.15) is 5.10 Å². The van der Waals surface area contributed by atoms with E-state index in [9.17, 15) is 4.79 Å². The van der Waals surface area contributed by atoms with Gasteiger partial charge < -0.3 is 4.90 Å². The minimum Gasteiger partial charge on any atom is -0.336 e. The van der Waals surface area contributed by atoms with Crippen LogP contribution >= 0.6 is 0 Å². The highest BCUT2D eigenvalue weighted by atomic mass is 16.2. The van der Waals surface area contributed by atoms with E-state index in [1.165, 1.54) is 45.2 Å². The Kier molecular flexibility index (Phi) is 4.82. The Morgan fingerprint density at radius 2 is 2.11 bits per heavy atom. The molecule has 28 heavy (non-hydrogen) atoms. The molecular weight excluding hydrogens is 348 g/mol. The highest BCUT2D eigenvalue weighted by Crippen LogP contribution is 2.45. The minimum absolute atomic E-state index is 0.322. The molecule has 3 saturated heterocycles. The number of fused-ring (bicyclic) bond motifs is 6. The average molecular weight is 383 g/mol. The number of piperidine rings is 3. The molecule has 4 aliphatic rings. The van der Waals surface area contributed by atoms with Crippen molar-refractivity contribution in [2.24, 2.45) is 11.8 Å². The van der Waals surface area contributed by atoms with Gasteiger partial charge in [0.1, 0.15) is 0 Å². The highest BCUT2D eigenvalue weighted by Gasteiger charge is 2.46. The second-order valence-electron chi connectivity index (χ2n) is 9.50. The molecule has 1 aliphatic carbocycles. The topological polar surface area (TPSA) is 41.4 Å². The number of hydrogen-bond acceptors (Lipinski definition) is 3. The largest absolute Gasteiger partial charge is 0.336 e. The van der Waals surface area contributed by atoms with Crippen LogP contribution < -0.4 is 0 Å². The van der Waals surface area contributed by atoms with Crippen LogP contribution in [0.15, 0.2) is 17.7 Å². The van der Waals surface area contributed by atoms with Gasteiger partial charge in [-0.3, -0.25) is 14.4 Å². The third kappa shape index (κ3) is 3.22. The Bertz CT molecular complexity index is 782. The van der Waals surface area contributed by atoms with Gasteiger partial charge in [-0.05, 0) is 70.4 Å². The first-order valence-electron chi connectivity index (χ1n) is 11.4. The summed E-state index contributed by atoms with van der Waals surface area (Å²) in [6.07, 6.45) is 10.9. The van der Waals surface area contributed by atoms with Crippen molar-refractivity contribution in [1.82, 2.24) is 19.6 Å². The molecule has 152 valence electrons. The molecule has 1 aromatic heterocycles. The first kappa shape index (κ1) is 18.4. The van der Waals surface area contributed by atoms with Crippen molar-refractivity contribution >= 4 is 5.91 Å². The fraction of sp³-hybridized carbons (Fsp3) is 0.739. The van der Waals surface area contributed by atoms with Gasteiger partial charge in [-0.25, -0.2) is 0 Å². The SMILES string of the molecule is Cc1cc(C)n(CCC(=O)N2CCCC3=C[C@H]4C[C@@H](CN5CCCCC45)C32)n1. The summed E-state index contributed by atoms with van der Waals surface area (Å²) >= 11 is 0. The lowest BCUT2D eigenvalue weighted by Gasteiger charge is -2.54. The van der Waals surface area contributed by atoms with Crippen molar-refractivity contribution in [2.45, 2.75) is 77.4 Å². The quantitative estimate of drug-likeness (QED) is 0.753. The van der Waals surface area contributed by atoms with E-state index in [0.29, 0.717) is 30.8 Å². The van der Waals surface area contributed by atoms with E-state index in [-0.39, 0.29) is 0 Å². The second kappa shape index (κ2) is 7.33. The first-order chi connectivity index (χ1) is 13.6. The molecule has 0 radical (unpaired) electrons. The van der Waals surface area contributed by atoms with Crippen LogP contribution in [0, 0.1) is 25.7 Å². The van der Waals surface area contributed by atoms with E-state index < -0.39 is 0 Å². The molecule has 0 aromatic carbocycles. The first-order valence-corrected chi connectivity index (χ1v) is 11.4. The van der Waals surface area contributed by atoms with Gasteiger partial charge in [0.15, 0.2) is 0 Å². The third-order valence-electron chi connectivity index (χ3n) is 7.62. The van der Waals surface area contributed by atoms with Gasteiger partial charge >= 0.3 is 0 Å². The predicted octanol–water partition coefficient (Wildman–Crippen LogP) is 3.31. The number of likely N-dealkylation sites (tertiary alicyclic amines) is 1. The molecule has 3 aliphatic heterocycles. The smallest absolute Gasteiger partial charge is 0.224 e. The summed E-state index contributed by atoms with van der Waals surface area (Å²) in [6, 6.07) is 3.22. The van der Waals surface area contributed by atoms with E-state index >= 15 is 0 Å². The zero-order valence-electron chi connectivity index (χ0n) is 17.4. The van der Waals surface area contributed by atoms with E-state index in [0.717, 1.165) is 36.3 Å². The Hall–Kier alpha value is -1.62. The Balaban J connectivity index is 1.32. The minimum atomic E-state index is 0.322. The lowest BCUT2D eigenvalue weighted by atomic mass is 9.68. The van der Waals surface area contributed by atoms with Crippen molar-refractivity contribution in [3.8, 4) is 0 Å². The molecule has 5 heteroatoms. The maximum atomic E-state index is 13.2. The maximum Gasteiger partial charge on any atom is 0.224 e. The van der Waals surface area contributed by atoms with E-state index in [1.54, 1.807) is 5.57 Å². The predicted molar refractivity (Wildman–Crippen MR) is 110 cm³/mol. The zero-order valence-corrected chi connectivity index (χ0v) is 17.4. The molecule has 0 spiro atoms. The summed E-state index contributed by atoms with van der Waals surface area (Å²) in [6.45, 7) is 8.18. The lowest BCUT2D eigenvalue weighted by Crippen LogP contribution is -2.60. The fourth-order valence-corrected chi connectivity index (χ4v) is 6.50. The molecule has 1 amide bonds. The molecule has 3 fully saturated rings.